The lowest BCUT2D eigenvalue weighted by atomic mass is 10.0. The minimum absolute atomic E-state index is 0.0613. The van der Waals surface area contributed by atoms with Crippen LogP contribution in [0.4, 0.5) is 4.79 Å². The molecule has 34 heavy (non-hydrogen) atoms. The molecule has 0 bridgehead atoms. The van der Waals surface area contributed by atoms with E-state index >= 15 is 0 Å². The Hall–Kier alpha value is -3.91. The van der Waals surface area contributed by atoms with E-state index in [0.717, 1.165) is 16.8 Å². The Morgan fingerprint density at radius 3 is 2.26 bits per heavy atom. The van der Waals surface area contributed by atoms with Gasteiger partial charge in [-0.15, -0.1) is 0 Å². The number of benzene rings is 3. The number of hydrogen-bond acceptors (Lipinski definition) is 4. The van der Waals surface area contributed by atoms with Crippen LogP contribution >= 0.6 is 0 Å². The molecule has 2 N–H and O–H groups in total. The maximum absolute atomic E-state index is 12.9. The van der Waals surface area contributed by atoms with E-state index in [0.29, 0.717) is 17.8 Å². The lowest BCUT2D eigenvalue weighted by molar-refractivity contribution is 0.241. The van der Waals surface area contributed by atoms with Crippen LogP contribution in [0.3, 0.4) is 0 Å². The third-order valence-electron chi connectivity index (χ3n) is 5.55. The number of imidazole rings is 1. The van der Waals surface area contributed by atoms with Crippen molar-refractivity contribution < 1.29 is 13.2 Å². The number of aryl methyl sites for hydroxylation is 2. The molecule has 3 aromatic carbocycles. The van der Waals surface area contributed by atoms with Crippen molar-refractivity contribution >= 4 is 16.1 Å². The molecule has 1 heterocycles. The first-order valence-electron chi connectivity index (χ1n) is 10.9. The van der Waals surface area contributed by atoms with Crippen molar-refractivity contribution in [2.75, 3.05) is 0 Å². The summed E-state index contributed by atoms with van der Waals surface area (Å²) < 4.78 is 29.7. The smallest absolute Gasteiger partial charge is 0.327 e. The number of amides is 2. The van der Waals surface area contributed by atoms with Gasteiger partial charge < -0.3 is 9.88 Å². The quantitative estimate of drug-likeness (QED) is 0.414. The second-order valence-corrected chi connectivity index (χ2v) is 9.68. The van der Waals surface area contributed by atoms with E-state index in [1.165, 1.54) is 6.07 Å². The summed E-state index contributed by atoms with van der Waals surface area (Å²) in [5.41, 5.74) is 3.52. The van der Waals surface area contributed by atoms with Crippen LogP contribution in [0.2, 0.25) is 0 Å². The van der Waals surface area contributed by atoms with E-state index in [1.807, 2.05) is 72.3 Å². The highest BCUT2D eigenvalue weighted by molar-refractivity contribution is 7.90. The number of sulfonamides is 1. The van der Waals surface area contributed by atoms with Crippen LogP contribution in [0.15, 0.2) is 96.2 Å². The molecule has 1 aromatic heterocycles. The average molecular weight is 475 g/mol. The predicted octanol–water partition coefficient (Wildman–Crippen LogP) is 4.46. The number of urea groups is 1. The van der Waals surface area contributed by atoms with Crippen molar-refractivity contribution in [3.63, 3.8) is 0 Å². The fourth-order valence-corrected chi connectivity index (χ4v) is 5.05. The molecule has 7 nitrogen and oxygen atoms in total. The summed E-state index contributed by atoms with van der Waals surface area (Å²) in [6, 6.07) is 22.7. The molecular formula is C26H26N4O3S. The van der Waals surface area contributed by atoms with Crippen LogP contribution in [0.25, 0.3) is 5.69 Å². The van der Waals surface area contributed by atoms with Gasteiger partial charge in [-0.3, -0.25) is 0 Å². The number of para-hydroxylation sites is 1. The molecule has 1 atom stereocenters. The molecule has 0 aliphatic carbocycles. The number of nitrogens with one attached hydrogen (secondary N) is 2. The maximum atomic E-state index is 12.9. The van der Waals surface area contributed by atoms with E-state index in [4.69, 9.17) is 0 Å². The molecule has 0 saturated carbocycles. The Balaban J connectivity index is 1.65. The normalized spacial score (nSPS) is 12.2. The third-order valence-corrected chi connectivity index (χ3v) is 7.05. The summed E-state index contributed by atoms with van der Waals surface area (Å²) in [6.07, 6.45) is 3.93. The largest absolute Gasteiger partial charge is 0.329 e. The molecule has 0 spiro atoms. The molecular weight excluding hydrogens is 448 g/mol. The Morgan fingerprint density at radius 1 is 0.912 bits per heavy atom. The summed E-state index contributed by atoms with van der Waals surface area (Å²) in [4.78, 5) is 17.5. The second-order valence-electron chi connectivity index (χ2n) is 8.03. The van der Waals surface area contributed by atoms with Gasteiger partial charge in [0.25, 0.3) is 10.0 Å². The zero-order valence-electron chi connectivity index (χ0n) is 19.0. The summed E-state index contributed by atoms with van der Waals surface area (Å²) in [5, 5.41) is 2.83. The summed E-state index contributed by atoms with van der Waals surface area (Å²) in [7, 11) is -4.04. The first-order valence-corrected chi connectivity index (χ1v) is 12.4. The SMILES string of the molecule is Cc1ccccc1-n1ccnc1[C@H](Cc1ccccc1)NC(=O)NS(=O)(=O)c1ccccc1C. The first-order chi connectivity index (χ1) is 16.3. The van der Waals surface area contributed by atoms with Crippen molar-refractivity contribution in [3.8, 4) is 5.69 Å². The summed E-state index contributed by atoms with van der Waals surface area (Å²) >= 11 is 0. The standard InChI is InChI=1S/C26H26N4O3S/c1-19-10-6-8-14-23(19)30-17-16-27-25(30)22(18-21-12-4-3-5-13-21)28-26(31)29-34(32,33)24-15-9-7-11-20(24)2/h3-17,22H,18H2,1-2H3,(H2,28,29,31)/t22-/m0/s1. The highest BCUT2D eigenvalue weighted by atomic mass is 32.2. The molecule has 174 valence electrons. The number of nitrogens with zero attached hydrogens (tertiary/aromatic N) is 2. The minimum Gasteiger partial charge on any atom is -0.327 e. The van der Waals surface area contributed by atoms with E-state index < -0.39 is 22.1 Å². The Kier molecular flexibility index (Phi) is 6.79. The zero-order valence-corrected chi connectivity index (χ0v) is 19.8. The van der Waals surface area contributed by atoms with Gasteiger partial charge in [-0.05, 0) is 49.1 Å². The van der Waals surface area contributed by atoms with Gasteiger partial charge in [0.05, 0.1) is 10.9 Å². The lowest BCUT2D eigenvalue weighted by Crippen LogP contribution is -2.42. The fraction of sp³-hybridized carbons (Fsp3) is 0.154. The number of carbonyl (C=O) groups is 1. The van der Waals surface area contributed by atoms with Gasteiger partial charge in [0, 0.05) is 18.1 Å². The van der Waals surface area contributed by atoms with E-state index in [2.05, 4.69) is 15.0 Å². The average Bonchev–Trinajstić information content (AvgIpc) is 3.29. The molecule has 0 unspecified atom stereocenters. The fourth-order valence-electron chi connectivity index (χ4n) is 3.89. The Labute approximate surface area is 199 Å². The number of hydrogen-bond donors (Lipinski definition) is 2. The van der Waals surface area contributed by atoms with E-state index in [9.17, 15) is 13.2 Å². The van der Waals surface area contributed by atoms with Crippen LogP contribution in [-0.4, -0.2) is 24.0 Å². The highest BCUT2D eigenvalue weighted by Crippen LogP contribution is 2.23. The van der Waals surface area contributed by atoms with Crippen molar-refractivity contribution in [3.05, 3.63) is 114 Å². The monoisotopic (exact) mass is 474 g/mol. The number of rotatable bonds is 7. The molecule has 0 fully saturated rings. The lowest BCUT2D eigenvalue weighted by Gasteiger charge is -2.21. The molecule has 0 radical (unpaired) electrons. The highest BCUT2D eigenvalue weighted by Gasteiger charge is 2.25. The molecule has 4 rings (SSSR count). The minimum atomic E-state index is -4.04. The van der Waals surface area contributed by atoms with Crippen molar-refractivity contribution in [1.29, 1.82) is 0 Å². The molecule has 0 aliphatic rings. The van der Waals surface area contributed by atoms with Gasteiger partial charge in [0.2, 0.25) is 0 Å². The predicted molar refractivity (Wildman–Crippen MR) is 131 cm³/mol. The summed E-state index contributed by atoms with van der Waals surface area (Å²) in [6.45, 7) is 3.68. The third kappa shape index (κ3) is 5.18. The molecule has 4 aromatic rings. The van der Waals surface area contributed by atoms with Gasteiger partial charge in [-0.1, -0.05) is 66.7 Å². The van der Waals surface area contributed by atoms with Gasteiger partial charge in [0.1, 0.15) is 5.82 Å². The summed E-state index contributed by atoms with van der Waals surface area (Å²) in [5.74, 6) is 0.599. The van der Waals surface area contributed by atoms with Crippen LogP contribution in [0.5, 0.6) is 0 Å². The van der Waals surface area contributed by atoms with Gasteiger partial charge in [0.15, 0.2) is 0 Å². The number of carbonyl (C=O) groups excluding carboxylic acids is 1. The molecule has 0 saturated heterocycles. The topological polar surface area (TPSA) is 93.1 Å². The number of aromatic nitrogens is 2. The van der Waals surface area contributed by atoms with Gasteiger partial charge in [-0.25, -0.2) is 22.9 Å². The van der Waals surface area contributed by atoms with Crippen LogP contribution in [0.1, 0.15) is 28.6 Å². The maximum Gasteiger partial charge on any atom is 0.329 e. The van der Waals surface area contributed by atoms with E-state index in [1.54, 1.807) is 31.3 Å². The molecule has 2 amide bonds. The second kappa shape index (κ2) is 9.93. The van der Waals surface area contributed by atoms with Crippen molar-refractivity contribution in [2.24, 2.45) is 0 Å². The van der Waals surface area contributed by atoms with E-state index in [-0.39, 0.29) is 4.90 Å². The van der Waals surface area contributed by atoms with Crippen LogP contribution in [-0.2, 0) is 16.4 Å². The zero-order chi connectivity index (χ0) is 24.1. The van der Waals surface area contributed by atoms with Crippen LogP contribution < -0.4 is 10.0 Å². The first kappa shape index (κ1) is 23.3. The van der Waals surface area contributed by atoms with Gasteiger partial charge in [-0.2, -0.15) is 0 Å². The Morgan fingerprint density at radius 2 is 1.56 bits per heavy atom. The van der Waals surface area contributed by atoms with Gasteiger partial charge >= 0.3 is 6.03 Å². The van der Waals surface area contributed by atoms with Crippen molar-refractivity contribution in [1.82, 2.24) is 19.6 Å². The molecule has 8 heteroatoms. The molecule has 0 aliphatic heterocycles. The van der Waals surface area contributed by atoms with Crippen molar-refractivity contribution in [2.45, 2.75) is 31.2 Å². The Bertz CT molecular complexity index is 1400. The van der Waals surface area contributed by atoms with Crippen LogP contribution in [0, 0.1) is 13.8 Å².